The van der Waals surface area contributed by atoms with E-state index in [0.29, 0.717) is 0 Å². The molecule has 1 aliphatic carbocycles. The zero-order valence-corrected chi connectivity index (χ0v) is 14.4. The van der Waals surface area contributed by atoms with Gasteiger partial charge in [-0.3, -0.25) is 0 Å². The van der Waals surface area contributed by atoms with Crippen LogP contribution in [0.5, 0.6) is 0 Å². The van der Waals surface area contributed by atoms with Gasteiger partial charge in [0.15, 0.2) is 6.04 Å². The van der Waals surface area contributed by atoms with Crippen LogP contribution in [-0.4, -0.2) is 36.9 Å². The van der Waals surface area contributed by atoms with E-state index in [4.69, 9.17) is 14.2 Å². The van der Waals surface area contributed by atoms with Gasteiger partial charge in [0.1, 0.15) is 6.61 Å². The molecule has 1 saturated carbocycles. The Balaban J connectivity index is 1.89. The van der Waals surface area contributed by atoms with Crippen LogP contribution >= 0.6 is 0 Å². The molecular formula is C18H25NO5. The summed E-state index contributed by atoms with van der Waals surface area (Å²) in [4.78, 5) is 24.0. The van der Waals surface area contributed by atoms with Gasteiger partial charge in [-0.05, 0) is 38.7 Å². The third kappa shape index (κ3) is 4.96. The number of methoxy groups -OCH3 is 1. The molecular weight excluding hydrogens is 310 g/mol. The van der Waals surface area contributed by atoms with Gasteiger partial charge < -0.3 is 19.5 Å². The second-order valence-electron chi connectivity index (χ2n) is 6.33. The maximum atomic E-state index is 12.0. The van der Waals surface area contributed by atoms with Crippen molar-refractivity contribution in [3.05, 3.63) is 35.9 Å². The molecule has 2 atom stereocenters. The third-order valence-corrected chi connectivity index (χ3v) is 4.29. The Hall–Kier alpha value is -2.08. The average molecular weight is 335 g/mol. The summed E-state index contributed by atoms with van der Waals surface area (Å²) < 4.78 is 15.9. The average Bonchev–Trinajstić information content (AvgIpc) is 2.56. The van der Waals surface area contributed by atoms with Gasteiger partial charge in [-0.2, -0.15) is 0 Å². The predicted molar refractivity (Wildman–Crippen MR) is 88.4 cm³/mol. The van der Waals surface area contributed by atoms with Crippen molar-refractivity contribution in [2.75, 3.05) is 7.11 Å². The molecule has 1 amide bonds. The summed E-state index contributed by atoms with van der Waals surface area (Å²) in [5.41, 5.74) is 0.634. The maximum absolute atomic E-state index is 12.0. The summed E-state index contributed by atoms with van der Waals surface area (Å²) in [6.07, 6.45) is 1.82. The van der Waals surface area contributed by atoms with Gasteiger partial charge in [-0.25, -0.2) is 9.59 Å². The van der Waals surface area contributed by atoms with Crippen molar-refractivity contribution in [3.63, 3.8) is 0 Å². The number of carbonyl (C=O) groups is 2. The van der Waals surface area contributed by atoms with Crippen LogP contribution in [-0.2, 0) is 25.6 Å². The first kappa shape index (κ1) is 18.3. The normalized spacial score (nSPS) is 18.0. The number of carbonyl (C=O) groups excluding carboxylic acids is 2. The molecule has 1 unspecified atom stereocenters. The molecule has 132 valence electrons. The minimum absolute atomic E-state index is 0.132. The molecule has 1 aliphatic rings. The smallest absolute Gasteiger partial charge is 0.408 e. The van der Waals surface area contributed by atoms with E-state index in [-0.39, 0.29) is 12.2 Å². The number of alkyl carbamates (subject to hydrolysis) is 1. The monoisotopic (exact) mass is 335 g/mol. The van der Waals surface area contributed by atoms with E-state index < -0.39 is 24.2 Å². The largest absolute Gasteiger partial charge is 0.467 e. The van der Waals surface area contributed by atoms with E-state index in [0.717, 1.165) is 24.8 Å². The van der Waals surface area contributed by atoms with Crippen LogP contribution in [0.1, 0.15) is 38.7 Å². The minimum atomic E-state index is -0.907. The van der Waals surface area contributed by atoms with E-state index in [2.05, 4.69) is 5.32 Å². The van der Waals surface area contributed by atoms with E-state index in [1.54, 1.807) is 6.92 Å². The molecule has 1 aromatic carbocycles. The highest BCUT2D eigenvalue weighted by Crippen LogP contribution is 2.36. The standard InChI is InChI=1S/C18H25NO5/c1-13(24-18(2)10-7-11-18)15(16(20)22-3)19-17(21)23-12-14-8-5-4-6-9-14/h4-6,8-9,13,15H,7,10-12H2,1-3H3,(H,19,21)/t13-,15?/m1/s1. The van der Waals surface area contributed by atoms with Crippen LogP contribution in [0.25, 0.3) is 0 Å². The quantitative estimate of drug-likeness (QED) is 0.776. The Bertz CT molecular complexity index is 556. The van der Waals surface area contributed by atoms with Crippen molar-refractivity contribution in [3.8, 4) is 0 Å². The van der Waals surface area contributed by atoms with Gasteiger partial charge in [-0.15, -0.1) is 0 Å². The molecule has 0 aliphatic heterocycles. The summed E-state index contributed by atoms with van der Waals surface area (Å²) >= 11 is 0. The molecule has 1 fully saturated rings. The number of hydrogen-bond donors (Lipinski definition) is 1. The zero-order chi connectivity index (χ0) is 17.6. The SMILES string of the molecule is COC(=O)C(NC(=O)OCc1ccccc1)[C@@H](C)OC1(C)CCC1. The Morgan fingerprint density at radius 3 is 2.46 bits per heavy atom. The lowest BCUT2D eigenvalue weighted by Crippen LogP contribution is -2.53. The Morgan fingerprint density at radius 1 is 1.25 bits per heavy atom. The molecule has 0 spiro atoms. The number of rotatable bonds is 7. The van der Waals surface area contributed by atoms with Gasteiger partial charge in [0.05, 0.1) is 18.8 Å². The van der Waals surface area contributed by atoms with Gasteiger partial charge in [0, 0.05) is 0 Å². The second kappa shape index (κ2) is 8.15. The molecule has 0 heterocycles. The van der Waals surface area contributed by atoms with Gasteiger partial charge in [0.25, 0.3) is 0 Å². The highest BCUT2D eigenvalue weighted by molar-refractivity contribution is 5.81. The van der Waals surface area contributed by atoms with Crippen LogP contribution in [0.4, 0.5) is 4.79 Å². The lowest BCUT2D eigenvalue weighted by Gasteiger charge is -2.41. The third-order valence-electron chi connectivity index (χ3n) is 4.29. The van der Waals surface area contributed by atoms with Crippen LogP contribution < -0.4 is 5.32 Å². The summed E-state index contributed by atoms with van der Waals surface area (Å²) in [5, 5.41) is 2.55. The first-order chi connectivity index (χ1) is 11.4. The Kier molecular flexibility index (Phi) is 6.20. The fraction of sp³-hybridized carbons (Fsp3) is 0.556. The van der Waals surface area contributed by atoms with Gasteiger partial charge >= 0.3 is 12.1 Å². The van der Waals surface area contributed by atoms with Crippen molar-refractivity contribution in [1.82, 2.24) is 5.32 Å². The fourth-order valence-electron chi connectivity index (χ4n) is 2.70. The summed E-state index contributed by atoms with van der Waals surface area (Å²) in [6.45, 7) is 3.89. The Morgan fingerprint density at radius 2 is 1.92 bits per heavy atom. The summed E-state index contributed by atoms with van der Waals surface area (Å²) in [6, 6.07) is 8.42. The number of ether oxygens (including phenoxy) is 3. The molecule has 2 rings (SSSR count). The topological polar surface area (TPSA) is 73.9 Å². The van der Waals surface area contributed by atoms with Crippen molar-refractivity contribution in [2.45, 2.75) is 57.5 Å². The van der Waals surface area contributed by atoms with Gasteiger partial charge in [0.2, 0.25) is 0 Å². The van der Waals surface area contributed by atoms with Crippen molar-refractivity contribution < 1.29 is 23.8 Å². The molecule has 0 radical (unpaired) electrons. The number of nitrogens with one attached hydrogen (secondary N) is 1. The first-order valence-corrected chi connectivity index (χ1v) is 8.16. The number of hydrogen-bond acceptors (Lipinski definition) is 5. The second-order valence-corrected chi connectivity index (χ2v) is 6.33. The lowest BCUT2D eigenvalue weighted by atomic mass is 9.81. The van der Waals surface area contributed by atoms with Crippen molar-refractivity contribution in [1.29, 1.82) is 0 Å². The van der Waals surface area contributed by atoms with E-state index in [9.17, 15) is 9.59 Å². The molecule has 0 saturated heterocycles. The molecule has 6 heteroatoms. The van der Waals surface area contributed by atoms with E-state index in [1.165, 1.54) is 7.11 Å². The maximum Gasteiger partial charge on any atom is 0.408 e. The van der Waals surface area contributed by atoms with E-state index >= 15 is 0 Å². The zero-order valence-electron chi connectivity index (χ0n) is 14.4. The van der Waals surface area contributed by atoms with Gasteiger partial charge in [-0.1, -0.05) is 30.3 Å². The molecule has 6 nitrogen and oxygen atoms in total. The van der Waals surface area contributed by atoms with Crippen molar-refractivity contribution in [2.24, 2.45) is 0 Å². The predicted octanol–water partition coefficient (Wildman–Crippen LogP) is 2.80. The minimum Gasteiger partial charge on any atom is -0.467 e. The molecule has 0 aromatic heterocycles. The number of benzene rings is 1. The van der Waals surface area contributed by atoms with Crippen molar-refractivity contribution >= 4 is 12.1 Å². The van der Waals surface area contributed by atoms with Crippen LogP contribution in [0, 0.1) is 0 Å². The molecule has 24 heavy (non-hydrogen) atoms. The van der Waals surface area contributed by atoms with Crippen LogP contribution in [0.15, 0.2) is 30.3 Å². The fourth-order valence-corrected chi connectivity index (χ4v) is 2.70. The molecule has 1 N–H and O–H groups in total. The first-order valence-electron chi connectivity index (χ1n) is 8.16. The summed E-state index contributed by atoms with van der Waals surface area (Å²) in [5.74, 6) is -0.554. The lowest BCUT2D eigenvalue weighted by molar-refractivity contribution is -0.159. The van der Waals surface area contributed by atoms with Crippen LogP contribution in [0.3, 0.4) is 0 Å². The molecule has 0 bridgehead atoms. The number of esters is 1. The highest BCUT2D eigenvalue weighted by atomic mass is 16.6. The highest BCUT2D eigenvalue weighted by Gasteiger charge is 2.38. The Labute approximate surface area is 142 Å². The summed E-state index contributed by atoms with van der Waals surface area (Å²) in [7, 11) is 1.28. The number of amides is 1. The van der Waals surface area contributed by atoms with E-state index in [1.807, 2.05) is 37.3 Å². The molecule has 1 aromatic rings. The van der Waals surface area contributed by atoms with Crippen LogP contribution in [0.2, 0.25) is 0 Å².